The Bertz CT molecular complexity index is 557. The van der Waals surface area contributed by atoms with E-state index in [4.69, 9.17) is 4.74 Å². The molecule has 2 rings (SSSR count). The standard InChI is InChI=1S/C14H22N2O3S.ClH/c1-11-9-13(6-7-14(11)19-2)20(17,18)16-10-12-5-3-4-8-15-12;/h6-7,9,12,15-16H,3-5,8,10H2,1-2H3;1H. The summed E-state index contributed by atoms with van der Waals surface area (Å²) in [5.74, 6) is 0.692. The van der Waals surface area contributed by atoms with Crippen molar-refractivity contribution in [2.24, 2.45) is 0 Å². The summed E-state index contributed by atoms with van der Waals surface area (Å²) in [7, 11) is -1.88. The molecule has 1 atom stereocenters. The summed E-state index contributed by atoms with van der Waals surface area (Å²) >= 11 is 0. The van der Waals surface area contributed by atoms with Gasteiger partial charge in [-0.2, -0.15) is 0 Å². The molecule has 1 aromatic rings. The molecule has 2 N–H and O–H groups in total. The minimum atomic E-state index is -3.45. The number of benzene rings is 1. The molecular formula is C14H23ClN2O3S. The van der Waals surface area contributed by atoms with Crippen LogP contribution in [0.3, 0.4) is 0 Å². The smallest absolute Gasteiger partial charge is 0.240 e. The molecule has 0 spiro atoms. The third-order valence-electron chi connectivity index (χ3n) is 3.61. The van der Waals surface area contributed by atoms with Gasteiger partial charge in [0.25, 0.3) is 0 Å². The lowest BCUT2D eigenvalue weighted by Crippen LogP contribution is -2.43. The number of hydrogen-bond acceptors (Lipinski definition) is 4. The van der Waals surface area contributed by atoms with Crippen molar-refractivity contribution < 1.29 is 13.2 Å². The molecule has 1 fully saturated rings. The molecule has 0 aromatic heterocycles. The summed E-state index contributed by atoms with van der Waals surface area (Å²) in [5.41, 5.74) is 0.811. The maximum atomic E-state index is 12.2. The van der Waals surface area contributed by atoms with Crippen molar-refractivity contribution in [3.05, 3.63) is 23.8 Å². The van der Waals surface area contributed by atoms with Gasteiger partial charge in [0.1, 0.15) is 5.75 Å². The van der Waals surface area contributed by atoms with Gasteiger partial charge in [-0.3, -0.25) is 0 Å². The van der Waals surface area contributed by atoms with Gasteiger partial charge < -0.3 is 10.1 Å². The number of sulfonamides is 1. The zero-order chi connectivity index (χ0) is 14.6. The van der Waals surface area contributed by atoms with Crippen LogP contribution < -0.4 is 14.8 Å². The summed E-state index contributed by atoms with van der Waals surface area (Å²) in [6.45, 7) is 3.24. The van der Waals surface area contributed by atoms with Gasteiger partial charge in [-0.1, -0.05) is 6.42 Å². The molecule has 0 bridgehead atoms. The van der Waals surface area contributed by atoms with Gasteiger partial charge in [0, 0.05) is 12.6 Å². The predicted octanol–water partition coefficient (Wildman–Crippen LogP) is 1.85. The first kappa shape index (κ1) is 18.2. The van der Waals surface area contributed by atoms with E-state index in [0.717, 1.165) is 24.9 Å². The van der Waals surface area contributed by atoms with Crippen LogP contribution in [-0.2, 0) is 10.0 Å². The van der Waals surface area contributed by atoms with Crippen LogP contribution in [0.5, 0.6) is 5.75 Å². The largest absolute Gasteiger partial charge is 0.496 e. The number of halogens is 1. The Labute approximate surface area is 132 Å². The minimum absolute atomic E-state index is 0. The van der Waals surface area contributed by atoms with Crippen LogP contribution in [0.25, 0.3) is 0 Å². The highest BCUT2D eigenvalue weighted by Gasteiger charge is 2.19. The predicted molar refractivity (Wildman–Crippen MR) is 85.8 cm³/mol. The van der Waals surface area contributed by atoms with Crippen LogP contribution in [0.4, 0.5) is 0 Å². The van der Waals surface area contributed by atoms with E-state index in [0.29, 0.717) is 12.3 Å². The van der Waals surface area contributed by atoms with Crippen molar-refractivity contribution in [1.82, 2.24) is 10.0 Å². The first-order valence-corrected chi connectivity index (χ1v) is 8.39. The summed E-state index contributed by atoms with van der Waals surface area (Å²) in [6, 6.07) is 5.12. The first-order valence-electron chi connectivity index (χ1n) is 6.90. The number of methoxy groups -OCH3 is 1. The Kier molecular flexibility index (Phi) is 6.93. The highest BCUT2D eigenvalue weighted by molar-refractivity contribution is 7.89. The van der Waals surface area contributed by atoms with Crippen molar-refractivity contribution >= 4 is 22.4 Å². The van der Waals surface area contributed by atoms with Gasteiger partial charge in [-0.05, 0) is 50.1 Å². The third-order valence-corrected chi connectivity index (χ3v) is 5.03. The fourth-order valence-electron chi connectivity index (χ4n) is 2.41. The molecule has 1 saturated heterocycles. The van der Waals surface area contributed by atoms with Crippen molar-refractivity contribution in [3.63, 3.8) is 0 Å². The van der Waals surface area contributed by atoms with Gasteiger partial charge in [0.05, 0.1) is 12.0 Å². The molecule has 5 nitrogen and oxygen atoms in total. The van der Waals surface area contributed by atoms with Gasteiger partial charge in [-0.25, -0.2) is 13.1 Å². The maximum Gasteiger partial charge on any atom is 0.240 e. The van der Waals surface area contributed by atoms with E-state index in [1.54, 1.807) is 25.3 Å². The number of rotatable bonds is 5. The van der Waals surface area contributed by atoms with Crippen LogP contribution >= 0.6 is 12.4 Å². The molecular weight excluding hydrogens is 312 g/mol. The topological polar surface area (TPSA) is 67.4 Å². The average molecular weight is 335 g/mol. The molecule has 0 aliphatic carbocycles. The lowest BCUT2D eigenvalue weighted by atomic mass is 10.1. The molecule has 7 heteroatoms. The van der Waals surface area contributed by atoms with Crippen LogP contribution in [-0.4, -0.2) is 34.7 Å². The minimum Gasteiger partial charge on any atom is -0.496 e. The quantitative estimate of drug-likeness (QED) is 0.862. The maximum absolute atomic E-state index is 12.2. The second-order valence-corrected chi connectivity index (χ2v) is 6.90. The lowest BCUT2D eigenvalue weighted by molar-refractivity contribution is 0.398. The van der Waals surface area contributed by atoms with E-state index in [1.165, 1.54) is 6.42 Å². The number of ether oxygens (including phenoxy) is 1. The van der Waals surface area contributed by atoms with E-state index in [1.807, 2.05) is 6.92 Å². The van der Waals surface area contributed by atoms with Crippen LogP contribution in [0.15, 0.2) is 23.1 Å². The summed E-state index contributed by atoms with van der Waals surface area (Å²) < 4.78 is 32.3. The number of piperidine rings is 1. The van der Waals surface area contributed by atoms with E-state index in [9.17, 15) is 8.42 Å². The molecule has 1 heterocycles. The molecule has 120 valence electrons. The SMILES string of the molecule is COc1ccc(S(=O)(=O)NCC2CCCCN2)cc1C.Cl. The van der Waals surface area contributed by atoms with Crippen LogP contribution in [0, 0.1) is 6.92 Å². The van der Waals surface area contributed by atoms with Crippen molar-refractivity contribution in [3.8, 4) is 5.75 Å². The van der Waals surface area contributed by atoms with Crippen LogP contribution in [0.2, 0.25) is 0 Å². The Morgan fingerprint density at radius 1 is 1.38 bits per heavy atom. The lowest BCUT2D eigenvalue weighted by Gasteiger charge is -2.23. The summed E-state index contributed by atoms with van der Waals surface area (Å²) in [4.78, 5) is 0.284. The zero-order valence-electron chi connectivity index (χ0n) is 12.4. The average Bonchev–Trinajstić information content (AvgIpc) is 2.46. The van der Waals surface area contributed by atoms with E-state index < -0.39 is 10.0 Å². The highest BCUT2D eigenvalue weighted by atomic mass is 35.5. The molecule has 0 amide bonds. The number of aryl methyl sites for hydroxylation is 1. The molecule has 1 aromatic carbocycles. The summed E-state index contributed by atoms with van der Waals surface area (Å²) in [6.07, 6.45) is 3.34. The van der Waals surface area contributed by atoms with Crippen molar-refractivity contribution in [1.29, 1.82) is 0 Å². The Morgan fingerprint density at radius 3 is 2.71 bits per heavy atom. The van der Waals surface area contributed by atoms with E-state index in [-0.39, 0.29) is 23.3 Å². The normalized spacial score (nSPS) is 18.9. The van der Waals surface area contributed by atoms with E-state index >= 15 is 0 Å². The van der Waals surface area contributed by atoms with Gasteiger partial charge in [0.15, 0.2) is 0 Å². The van der Waals surface area contributed by atoms with Gasteiger partial charge in [-0.15, -0.1) is 12.4 Å². The van der Waals surface area contributed by atoms with Gasteiger partial charge >= 0.3 is 0 Å². The highest BCUT2D eigenvalue weighted by Crippen LogP contribution is 2.21. The van der Waals surface area contributed by atoms with Crippen molar-refractivity contribution in [2.45, 2.75) is 37.1 Å². The fourth-order valence-corrected chi connectivity index (χ4v) is 3.58. The third kappa shape index (κ3) is 4.85. The Balaban J connectivity index is 0.00000220. The monoisotopic (exact) mass is 334 g/mol. The molecule has 21 heavy (non-hydrogen) atoms. The van der Waals surface area contributed by atoms with E-state index in [2.05, 4.69) is 10.0 Å². The molecule has 1 unspecified atom stereocenters. The molecule has 1 aliphatic heterocycles. The van der Waals surface area contributed by atoms with Crippen LogP contribution in [0.1, 0.15) is 24.8 Å². The number of nitrogens with one attached hydrogen (secondary N) is 2. The Hall–Kier alpha value is -0.820. The van der Waals surface area contributed by atoms with Gasteiger partial charge in [0.2, 0.25) is 10.0 Å². The van der Waals surface area contributed by atoms with Crippen molar-refractivity contribution in [2.75, 3.05) is 20.2 Å². The second-order valence-electron chi connectivity index (χ2n) is 5.13. The number of hydrogen-bond donors (Lipinski definition) is 2. The molecule has 0 saturated carbocycles. The fraction of sp³-hybridized carbons (Fsp3) is 0.571. The first-order chi connectivity index (χ1) is 9.53. The second kappa shape index (κ2) is 7.98. The Morgan fingerprint density at radius 2 is 2.14 bits per heavy atom. The molecule has 0 radical (unpaired) electrons. The molecule has 1 aliphatic rings. The zero-order valence-corrected chi connectivity index (χ0v) is 14.0. The summed E-state index contributed by atoms with van der Waals surface area (Å²) in [5, 5.41) is 3.33.